The molecule has 1 aromatic heterocycles. The fourth-order valence-corrected chi connectivity index (χ4v) is 9.69. The van der Waals surface area contributed by atoms with Gasteiger partial charge in [0.25, 0.3) is 0 Å². The molecular weight excluding hydrogens is 414 g/mol. The molecule has 2 aromatic rings. The van der Waals surface area contributed by atoms with E-state index in [1.807, 2.05) is 12.4 Å². The van der Waals surface area contributed by atoms with E-state index >= 15 is 0 Å². The molecule has 4 aliphatic rings. The summed E-state index contributed by atoms with van der Waals surface area (Å²) in [7, 11) is 0. The van der Waals surface area contributed by atoms with E-state index in [4.69, 9.17) is 4.74 Å². The largest absolute Gasteiger partial charge is 0.373 e. The lowest BCUT2D eigenvalue weighted by Gasteiger charge is -2.61. The molecule has 34 heavy (non-hydrogen) atoms. The number of nitrogens with zero attached hydrogens (tertiary/aromatic N) is 1. The first-order chi connectivity index (χ1) is 16.2. The first-order valence-electron chi connectivity index (χ1n) is 14.2. The normalized spacial score (nSPS) is 42.1. The number of rotatable bonds is 2. The second kappa shape index (κ2) is 8.05. The summed E-state index contributed by atoms with van der Waals surface area (Å²) in [5.41, 5.74) is 2.58. The second-order valence-corrected chi connectivity index (χ2v) is 13.9. The summed E-state index contributed by atoms with van der Waals surface area (Å²) in [6.45, 7) is 12.0. The van der Waals surface area contributed by atoms with Crippen LogP contribution in [0.4, 0.5) is 0 Å². The van der Waals surface area contributed by atoms with Gasteiger partial charge in [0.05, 0.1) is 11.7 Å². The molecule has 8 atom stereocenters. The Bertz CT molecular complexity index is 1050. The van der Waals surface area contributed by atoms with Crippen LogP contribution < -0.4 is 0 Å². The summed E-state index contributed by atoms with van der Waals surface area (Å²) in [4.78, 5) is 4.32. The van der Waals surface area contributed by atoms with E-state index < -0.39 is 0 Å². The lowest BCUT2D eigenvalue weighted by atomic mass is 9.44. The summed E-state index contributed by atoms with van der Waals surface area (Å²) in [6, 6.07) is 9.40. The van der Waals surface area contributed by atoms with Crippen LogP contribution in [-0.2, 0) is 4.74 Å². The zero-order chi connectivity index (χ0) is 23.7. The molecule has 4 fully saturated rings. The molecule has 0 N–H and O–H groups in total. The lowest BCUT2D eigenvalue weighted by molar-refractivity contribution is -0.152. The Balaban J connectivity index is 1.23. The molecule has 0 aliphatic heterocycles. The molecular formula is C32H45NO. The van der Waals surface area contributed by atoms with Crippen LogP contribution in [0, 0.1) is 34.5 Å². The Morgan fingerprint density at radius 2 is 1.65 bits per heavy atom. The molecule has 2 nitrogen and oxygen atoms in total. The van der Waals surface area contributed by atoms with Gasteiger partial charge in [-0.3, -0.25) is 4.98 Å². The second-order valence-electron chi connectivity index (χ2n) is 13.9. The molecule has 2 heteroatoms. The van der Waals surface area contributed by atoms with Crippen LogP contribution in [0.3, 0.4) is 0 Å². The molecule has 0 bridgehead atoms. The van der Waals surface area contributed by atoms with E-state index in [0.29, 0.717) is 16.9 Å². The van der Waals surface area contributed by atoms with E-state index in [-0.39, 0.29) is 5.60 Å². The zero-order valence-corrected chi connectivity index (χ0v) is 22.1. The van der Waals surface area contributed by atoms with E-state index in [9.17, 15) is 0 Å². The summed E-state index contributed by atoms with van der Waals surface area (Å²) >= 11 is 0. The van der Waals surface area contributed by atoms with Gasteiger partial charge in [-0.25, -0.2) is 0 Å². The third-order valence-electron chi connectivity index (χ3n) is 11.2. The fraction of sp³-hybridized carbons (Fsp3) is 0.719. The molecule has 0 spiro atoms. The van der Waals surface area contributed by atoms with Crippen molar-refractivity contribution in [1.29, 1.82) is 0 Å². The molecule has 4 aliphatic carbocycles. The number of hydrogen-bond acceptors (Lipinski definition) is 2. The highest BCUT2D eigenvalue weighted by Crippen LogP contribution is 2.69. The van der Waals surface area contributed by atoms with Gasteiger partial charge in [-0.15, -0.1) is 0 Å². The first kappa shape index (κ1) is 23.0. The summed E-state index contributed by atoms with van der Waals surface area (Å²) in [5, 5.41) is 2.63. The van der Waals surface area contributed by atoms with E-state index in [2.05, 4.69) is 63.9 Å². The van der Waals surface area contributed by atoms with E-state index in [1.165, 1.54) is 68.6 Å². The number of benzene rings is 1. The standard InChI is InChI=1S/C32H45NO/c1-30(2,3)34-25-12-15-31(4)24(19-25)8-9-26-28-11-10-27(32(28,5)16-13-29(26)31)22-6-7-23-20-33-17-14-21(23)18-22/h6-7,14,17-18,20,24-29H,8-13,15-16,19H2,1-5H3/t24-,25-,26-,27+,28-,29-,31-,32+/m0/s1. The average molecular weight is 460 g/mol. The van der Waals surface area contributed by atoms with Crippen molar-refractivity contribution in [2.75, 3.05) is 0 Å². The number of aromatic nitrogens is 1. The Labute approximate surface area is 207 Å². The molecule has 4 saturated carbocycles. The third kappa shape index (κ3) is 3.66. The summed E-state index contributed by atoms with van der Waals surface area (Å²) in [5.74, 6) is 4.37. The quantitative estimate of drug-likeness (QED) is 0.449. The molecule has 0 amide bonds. The van der Waals surface area contributed by atoms with Crippen molar-refractivity contribution in [2.45, 2.75) is 110 Å². The van der Waals surface area contributed by atoms with Crippen molar-refractivity contribution in [1.82, 2.24) is 4.98 Å². The van der Waals surface area contributed by atoms with Crippen molar-refractivity contribution >= 4 is 10.8 Å². The lowest BCUT2D eigenvalue weighted by Crippen LogP contribution is -2.54. The predicted molar refractivity (Wildman–Crippen MR) is 141 cm³/mol. The molecule has 184 valence electrons. The summed E-state index contributed by atoms with van der Waals surface area (Å²) in [6.07, 6.45) is 16.9. The smallest absolute Gasteiger partial charge is 0.0602 e. The van der Waals surface area contributed by atoms with Crippen LogP contribution in [0.15, 0.2) is 36.7 Å². The topological polar surface area (TPSA) is 22.1 Å². The minimum Gasteiger partial charge on any atom is -0.373 e. The summed E-state index contributed by atoms with van der Waals surface area (Å²) < 4.78 is 6.48. The van der Waals surface area contributed by atoms with Gasteiger partial charge in [-0.1, -0.05) is 32.0 Å². The van der Waals surface area contributed by atoms with E-state index in [1.54, 1.807) is 5.56 Å². The van der Waals surface area contributed by atoms with Crippen LogP contribution in [0.2, 0.25) is 0 Å². The van der Waals surface area contributed by atoms with Crippen LogP contribution in [0.25, 0.3) is 10.8 Å². The maximum atomic E-state index is 6.48. The molecule has 1 heterocycles. The van der Waals surface area contributed by atoms with Gasteiger partial charge in [-0.05, 0) is 136 Å². The van der Waals surface area contributed by atoms with Gasteiger partial charge in [0, 0.05) is 17.8 Å². The Hall–Kier alpha value is -1.41. The molecule has 0 saturated heterocycles. The van der Waals surface area contributed by atoms with Crippen molar-refractivity contribution in [3.05, 3.63) is 42.2 Å². The molecule has 0 unspecified atom stereocenters. The van der Waals surface area contributed by atoms with Gasteiger partial charge in [0.1, 0.15) is 0 Å². The van der Waals surface area contributed by atoms with Gasteiger partial charge in [0.15, 0.2) is 0 Å². The van der Waals surface area contributed by atoms with Crippen LogP contribution in [0.5, 0.6) is 0 Å². The average Bonchev–Trinajstić information content (AvgIpc) is 3.15. The Morgan fingerprint density at radius 1 is 0.853 bits per heavy atom. The monoisotopic (exact) mass is 459 g/mol. The fourth-order valence-electron chi connectivity index (χ4n) is 9.69. The van der Waals surface area contributed by atoms with Gasteiger partial charge in [0.2, 0.25) is 0 Å². The Morgan fingerprint density at radius 3 is 2.47 bits per heavy atom. The number of hydrogen-bond donors (Lipinski definition) is 0. The van der Waals surface area contributed by atoms with Crippen LogP contribution in [-0.4, -0.2) is 16.7 Å². The van der Waals surface area contributed by atoms with Crippen molar-refractivity contribution < 1.29 is 4.74 Å². The predicted octanol–water partition coefficient (Wildman–Crippen LogP) is 8.54. The van der Waals surface area contributed by atoms with E-state index in [0.717, 1.165) is 29.6 Å². The third-order valence-corrected chi connectivity index (χ3v) is 11.2. The molecule has 0 radical (unpaired) electrons. The van der Waals surface area contributed by atoms with Crippen LogP contribution >= 0.6 is 0 Å². The van der Waals surface area contributed by atoms with Gasteiger partial charge in [-0.2, -0.15) is 0 Å². The van der Waals surface area contributed by atoms with Crippen LogP contribution in [0.1, 0.15) is 104 Å². The number of fused-ring (bicyclic) bond motifs is 6. The highest BCUT2D eigenvalue weighted by molar-refractivity contribution is 5.82. The minimum absolute atomic E-state index is 0.0135. The SMILES string of the molecule is CC(C)(C)O[C@H]1CC[C@@]2(C)[C@@H](CC[C@@H]3[C@@H]2CC[C@]2(C)[C@@H](c4ccc5cnccc5c4)CC[C@@H]32)C1. The first-order valence-corrected chi connectivity index (χ1v) is 14.2. The van der Waals surface area contributed by atoms with Gasteiger partial charge < -0.3 is 4.74 Å². The van der Waals surface area contributed by atoms with Gasteiger partial charge >= 0.3 is 0 Å². The highest BCUT2D eigenvalue weighted by Gasteiger charge is 2.60. The molecule has 1 aromatic carbocycles. The Kier molecular flexibility index (Phi) is 5.45. The maximum Gasteiger partial charge on any atom is 0.0602 e. The van der Waals surface area contributed by atoms with Crippen molar-refractivity contribution in [3.63, 3.8) is 0 Å². The number of ether oxygens (including phenoxy) is 1. The highest BCUT2D eigenvalue weighted by atomic mass is 16.5. The van der Waals surface area contributed by atoms with Crippen molar-refractivity contribution in [2.24, 2.45) is 34.5 Å². The molecule has 6 rings (SSSR count). The van der Waals surface area contributed by atoms with Crippen molar-refractivity contribution in [3.8, 4) is 0 Å². The number of pyridine rings is 1. The minimum atomic E-state index is -0.0135. The zero-order valence-electron chi connectivity index (χ0n) is 22.1. The maximum absolute atomic E-state index is 6.48.